The van der Waals surface area contributed by atoms with Gasteiger partial charge in [-0.25, -0.2) is 12.8 Å². The summed E-state index contributed by atoms with van der Waals surface area (Å²) in [4.78, 5) is 29.2. The smallest absolute Gasteiger partial charge is 0.264 e. The van der Waals surface area contributed by atoms with Gasteiger partial charge in [-0.2, -0.15) is 0 Å². The molecule has 43 heavy (non-hydrogen) atoms. The molecule has 0 radical (unpaired) electrons. The van der Waals surface area contributed by atoms with E-state index in [0.717, 1.165) is 37.6 Å². The van der Waals surface area contributed by atoms with Crippen LogP contribution in [-0.2, 0) is 32.6 Å². The van der Waals surface area contributed by atoms with Gasteiger partial charge in [-0.1, -0.05) is 76.1 Å². The lowest BCUT2D eigenvalue weighted by atomic mass is 10.0. The lowest BCUT2D eigenvalue weighted by Crippen LogP contribution is -2.53. The second kappa shape index (κ2) is 14.4. The van der Waals surface area contributed by atoms with E-state index in [1.165, 1.54) is 29.2 Å². The number of nitrogens with one attached hydrogen (secondary N) is 1. The van der Waals surface area contributed by atoms with Crippen molar-refractivity contribution in [1.29, 1.82) is 0 Å². The van der Waals surface area contributed by atoms with Crippen LogP contribution in [0.3, 0.4) is 0 Å². The van der Waals surface area contributed by atoms with Crippen LogP contribution in [0.5, 0.6) is 0 Å². The number of rotatable bonds is 12. The summed E-state index contributed by atoms with van der Waals surface area (Å²) in [7, 11) is -4.25. The average molecular weight is 667 g/mol. The molecule has 7 nitrogen and oxygen atoms in total. The number of carbonyl (C=O) groups excluding carboxylic acids is 2. The van der Waals surface area contributed by atoms with E-state index in [2.05, 4.69) is 21.2 Å². The minimum absolute atomic E-state index is 0.0154. The van der Waals surface area contributed by atoms with E-state index in [9.17, 15) is 22.4 Å². The standard InChI is InChI=1S/C33H33BrFN3O4S/c1-3-36-33(40)31(21-25-8-5-4-6-9-25)37(22-26-10-7-11-27(34)20-26)32(39)23-38(29-16-14-28(35)15-17-29)43(41,42)30-18-12-24(2)13-19-30/h4-20,31H,3,21-23H2,1-2H3,(H,36,40)/t31-/m1/s1. The quantitative estimate of drug-likeness (QED) is 0.205. The summed E-state index contributed by atoms with van der Waals surface area (Å²) in [6.45, 7) is 3.43. The Morgan fingerprint density at radius 2 is 1.53 bits per heavy atom. The van der Waals surface area contributed by atoms with Gasteiger partial charge < -0.3 is 10.2 Å². The Hall–Kier alpha value is -4.02. The van der Waals surface area contributed by atoms with Gasteiger partial charge in [-0.05, 0) is 73.5 Å². The number of hydrogen-bond acceptors (Lipinski definition) is 4. The zero-order valence-electron chi connectivity index (χ0n) is 23.9. The maximum atomic E-state index is 14.3. The normalized spacial score (nSPS) is 11.9. The predicted octanol–water partition coefficient (Wildman–Crippen LogP) is 5.87. The van der Waals surface area contributed by atoms with Crippen molar-refractivity contribution in [3.8, 4) is 0 Å². The Morgan fingerprint density at radius 1 is 0.884 bits per heavy atom. The van der Waals surface area contributed by atoms with Crippen molar-refractivity contribution in [1.82, 2.24) is 10.2 Å². The van der Waals surface area contributed by atoms with E-state index in [4.69, 9.17) is 0 Å². The second-order valence-electron chi connectivity index (χ2n) is 10.1. The van der Waals surface area contributed by atoms with Gasteiger partial charge in [0, 0.05) is 24.0 Å². The molecule has 0 aliphatic heterocycles. The molecule has 0 saturated heterocycles. The van der Waals surface area contributed by atoms with Crippen LogP contribution >= 0.6 is 15.9 Å². The molecule has 224 valence electrons. The van der Waals surface area contributed by atoms with Crippen LogP contribution < -0.4 is 9.62 Å². The molecule has 0 saturated carbocycles. The van der Waals surface area contributed by atoms with Crippen LogP contribution in [0.4, 0.5) is 10.1 Å². The number of nitrogens with zero attached hydrogens (tertiary/aromatic N) is 2. The Labute approximate surface area is 260 Å². The van der Waals surface area contributed by atoms with E-state index in [1.807, 2.05) is 61.5 Å². The molecule has 0 heterocycles. The summed E-state index contributed by atoms with van der Waals surface area (Å²) in [5.74, 6) is -1.49. The molecule has 1 N–H and O–H groups in total. The first-order valence-corrected chi connectivity index (χ1v) is 16.0. The van der Waals surface area contributed by atoms with Gasteiger partial charge in [0.1, 0.15) is 18.4 Å². The fourth-order valence-electron chi connectivity index (χ4n) is 4.65. The lowest BCUT2D eigenvalue weighted by molar-refractivity contribution is -0.140. The SMILES string of the molecule is CCNC(=O)[C@@H](Cc1ccccc1)N(Cc1cccc(Br)c1)C(=O)CN(c1ccc(F)cc1)S(=O)(=O)c1ccc(C)cc1. The molecule has 0 aliphatic rings. The fraction of sp³-hybridized carbons (Fsp3) is 0.212. The van der Waals surface area contributed by atoms with Crippen LogP contribution in [0, 0.1) is 12.7 Å². The molecular formula is C33H33BrFN3O4S. The van der Waals surface area contributed by atoms with Crippen molar-refractivity contribution in [2.75, 3.05) is 17.4 Å². The fourth-order valence-corrected chi connectivity index (χ4v) is 6.51. The van der Waals surface area contributed by atoms with Crippen LogP contribution in [-0.4, -0.2) is 44.3 Å². The Morgan fingerprint density at radius 3 is 2.16 bits per heavy atom. The predicted molar refractivity (Wildman–Crippen MR) is 169 cm³/mol. The number of amides is 2. The Kier molecular flexibility index (Phi) is 10.7. The number of halogens is 2. The number of carbonyl (C=O) groups is 2. The molecule has 0 bridgehead atoms. The third-order valence-electron chi connectivity index (χ3n) is 6.87. The van der Waals surface area contributed by atoms with E-state index in [1.54, 1.807) is 19.1 Å². The summed E-state index contributed by atoms with van der Waals surface area (Å²) in [6, 6.07) is 27.0. The summed E-state index contributed by atoms with van der Waals surface area (Å²) in [5, 5.41) is 2.84. The third-order valence-corrected chi connectivity index (χ3v) is 9.15. The Balaban J connectivity index is 1.79. The Bertz CT molecular complexity index is 1650. The lowest BCUT2D eigenvalue weighted by Gasteiger charge is -2.34. The zero-order valence-corrected chi connectivity index (χ0v) is 26.3. The van der Waals surface area contributed by atoms with Crippen molar-refractivity contribution in [2.24, 2.45) is 0 Å². The van der Waals surface area contributed by atoms with Crippen molar-refractivity contribution in [2.45, 2.75) is 37.8 Å². The molecule has 1 atom stereocenters. The van der Waals surface area contributed by atoms with Gasteiger partial charge in [0.25, 0.3) is 10.0 Å². The second-order valence-corrected chi connectivity index (χ2v) is 12.8. The molecule has 0 spiro atoms. The minimum atomic E-state index is -4.25. The van der Waals surface area contributed by atoms with Crippen LogP contribution in [0.2, 0.25) is 0 Å². The monoisotopic (exact) mass is 665 g/mol. The average Bonchev–Trinajstić information content (AvgIpc) is 2.99. The van der Waals surface area contributed by atoms with Gasteiger partial charge in [-0.3, -0.25) is 13.9 Å². The molecule has 10 heteroatoms. The molecule has 2 amide bonds. The number of likely N-dealkylation sites (N-methyl/N-ethyl adjacent to an activating group) is 1. The number of benzene rings is 4. The molecule has 0 unspecified atom stereocenters. The molecule has 0 aromatic heterocycles. The van der Waals surface area contributed by atoms with Crippen LogP contribution in [0.25, 0.3) is 0 Å². The summed E-state index contributed by atoms with van der Waals surface area (Å²) < 4.78 is 43.5. The first-order chi connectivity index (χ1) is 20.6. The molecule has 4 aromatic carbocycles. The van der Waals surface area contributed by atoms with Crippen LogP contribution in [0.15, 0.2) is 112 Å². The van der Waals surface area contributed by atoms with Crippen molar-refractivity contribution in [3.63, 3.8) is 0 Å². The highest BCUT2D eigenvalue weighted by molar-refractivity contribution is 9.10. The zero-order chi connectivity index (χ0) is 31.0. The highest BCUT2D eigenvalue weighted by atomic mass is 79.9. The molecule has 0 fully saturated rings. The summed E-state index contributed by atoms with van der Waals surface area (Å²) >= 11 is 3.47. The van der Waals surface area contributed by atoms with Gasteiger partial charge in [0.05, 0.1) is 10.6 Å². The van der Waals surface area contributed by atoms with E-state index in [-0.39, 0.29) is 29.5 Å². The van der Waals surface area contributed by atoms with Crippen molar-refractivity contribution >= 4 is 43.5 Å². The number of aryl methyl sites for hydroxylation is 1. The highest BCUT2D eigenvalue weighted by Gasteiger charge is 2.34. The third kappa shape index (κ3) is 8.30. The molecular weight excluding hydrogens is 633 g/mol. The summed E-state index contributed by atoms with van der Waals surface area (Å²) in [6.07, 6.45) is 0.216. The number of hydrogen-bond donors (Lipinski definition) is 1. The van der Waals surface area contributed by atoms with Crippen LogP contribution in [0.1, 0.15) is 23.6 Å². The van der Waals surface area contributed by atoms with E-state index < -0.39 is 34.3 Å². The highest BCUT2D eigenvalue weighted by Crippen LogP contribution is 2.26. The molecule has 0 aliphatic carbocycles. The van der Waals surface area contributed by atoms with Crippen molar-refractivity contribution < 1.29 is 22.4 Å². The first-order valence-electron chi connectivity index (χ1n) is 13.8. The van der Waals surface area contributed by atoms with Gasteiger partial charge in [-0.15, -0.1) is 0 Å². The van der Waals surface area contributed by atoms with E-state index >= 15 is 0 Å². The van der Waals surface area contributed by atoms with E-state index in [0.29, 0.717) is 6.54 Å². The maximum absolute atomic E-state index is 14.3. The van der Waals surface area contributed by atoms with Gasteiger partial charge in [0.15, 0.2) is 0 Å². The van der Waals surface area contributed by atoms with Gasteiger partial charge in [0.2, 0.25) is 11.8 Å². The first kappa shape index (κ1) is 31.9. The minimum Gasteiger partial charge on any atom is -0.355 e. The number of anilines is 1. The molecule has 4 aromatic rings. The largest absolute Gasteiger partial charge is 0.355 e. The number of sulfonamides is 1. The topological polar surface area (TPSA) is 86.8 Å². The molecule has 4 rings (SSSR count). The summed E-state index contributed by atoms with van der Waals surface area (Å²) in [5.41, 5.74) is 2.58. The van der Waals surface area contributed by atoms with Crippen molar-refractivity contribution in [3.05, 3.63) is 130 Å². The van der Waals surface area contributed by atoms with Gasteiger partial charge >= 0.3 is 0 Å². The maximum Gasteiger partial charge on any atom is 0.264 e.